The number of hydrogen-bond donors (Lipinski definition) is 1. The topological polar surface area (TPSA) is 32.3 Å². The van der Waals surface area contributed by atoms with Crippen molar-refractivity contribution in [1.82, 2.24) is 10.2 Å². The molecule has 0 spiro atoms. The molecule has 2 saturated heterocycles. The third-order valence-electron chi connectivity index (χ3n) is 4.29. The van der Waals surface area contributed by atoms with Gasteiger partial charge in [0.2, 0.25) is 5.91 Å². The molecule has 0 radical (unpaired) electrons. The van der Waals surface area contributed by atoms with Gasteiger partial charge in [-0.1, -0.05) is 20.8 Å². The Kier molecular flexibility index (Phi) is 3.95. The van der Waals surface area contributed by atoms with E-state index in [9.17, 15) is 9.18 Å². The van der Waals surface area contributed by atoms with E-state index in [1.807, 2.05) is 0 Å². The Bertz CT molecular complexity index is 313. The van der Waals surface area contributed by atoms with Crippen LogP contribution < -0.4 is 5.32 Å². The summed E-state index contributed by atoms with van der Waals surface area (Å²) in [5, 5.41) is 3.20. The Morgan fingerprint density at radius 2 is 2.06 bits per heavy atom. The number of rotatable bonds is 1. The molecule has 0 aliphatic carbocycles. The highest BCUT2D eigenvalue weighted by molar-refractivity contribution is 5.80. The molecule has 1 N–H and O–H groups in total. The molecule has 3 atom stereocenters. The van der Waals surface area contributed by atoms with Crippen molar-refractivity contribution in [1.29, 1.82) is 0 Å². The monoisotopic (exact) mass is 256 g/mol. The fraction of sp³-hybridized carbons (Fsp3) is 0.929. The van der Waals surface area contributed by atoms with Gasteiger partial charge < -0.3 is 10.2 Å². The first-order chi connectivity index (χ1) is 8.41. The van der Waals surface area contributed by atoms with Gasteiger partial charge in [-0.05, 0) is 31.2 Å². The first kappa shape index (κ1) is 13.8. The van der Waals surface area contributed by atoms with Gasteiger partial charge in [-0.3, -0.25) is 4.79 Å². The average molecular weight is 256 g/mol. The number of likely N-dealkylation sites (tertiary alicyclic amines) is 1. The zero-order valence-corrected chi connectivity index (χ0v) is 11.7. The quantitative estimate of drug-likeness (QED) is 0.778. The van der Waals surface area contributed by atoms with Gasteiger partial charge in [0.1, 0.15) is 6.17 Å². The van der Waals surface area contributed by atoms with E-state index in [0.29, 0.717) is 13.0 Å². The number of nitrogens with one attached hydrogen (secondary N) is 1. The molecule has 2 aliphatic heterocycles. The maximum Gasteiger partial charge on any atom is 0.226 e. The predicted molar refractivity (Wildman–Crippen MR) is 70.1 cm³/mol. The van der Waals surface area contributed by atoms with Crippen molar-refractivity contribution in [3.8, 4) is 0 Å². The van der Waals surface area contributed by atoms with Crippen molar-refractivity contribution in [2.45, 2.75) is 52.2 Å². The second-order valence-corrected chi connectivity index (χ2v) is 6.67. The predicted octanol–water partition coefficient (Wildman–Crippen LogP) is 1.97. The third kappa shape index (κ3) is 2.68. The highest BCUT2D eigenvalue weighted by Gasteiger charge is 2.41. The van der Waals surface area contributed by atoms with E-state index in [1.54, 1.807) is 4.90 Å². The van der Waals surface area contributed by atoms with Crippen LogP contribution in [0.3, 0.4) is 0 Å². The Balaban J connectivity index is 2.10. The summed E-state index contributed by atoms with van der Waals surface area (Å²) in [6, 6.07) is -0.253. The number of alkyl halides is 1. The lowest BCUT2D eigenvalue weighted by atomic mass is 9.75. The molecule has 0 aromatic rings. The molecule has 0 saturated carbocycles. The van der Waals surface area contributed by atoms with Gasteiger partial charge in [0, 0.05) is 19.0 Å². The fourth-order valence-corrected chi connectivity index (χ4v) is 3.15. The largest absolute Gasteiger partial charge is 0.335 e. The smallest absolute Gasteiger partial charge is 0.226 e. The van der Waals surface area contributed by atoms with Crippen LogP contribution in [-0.4, -0.2) is 42.7 Å². The van der Waals surface area contributed by atoms with E-state index in [4.69, 9.17) is 0 Å². The lowest BCUT2D eigenvalue weighted by molar-refractivity contribution is -0.147. The van der Waals surface area contributed by atoms with Gasteiger partial charge >= 0.3 is 0 Å². The van der Waals surface area contributed by atoms with Crippen molar-refractivity contribution in [2.24, 2.45) is 11.3 Å². The second-order valence-electron chi connectivity index (χ2n) is 6.67. The van der Waals surface area contributed by atoms with E-state index < -0.39 is 6.17 Å². The van der Waals surface area contributed by atoms with Crippen molar-refractivity contribution in [3.63, 3.8) is 0 Å². The van der Waals surface area contributed by atoms with Crippen LogP contribution in [0.1, 0.15) is 40.0 Å². The number of halogens is 1. The number of piperidine rings is 2. The molecule has 2 aliphatic rings. The summed E-state index contributed by atoms with van der Waals surface area (Å²) in [6.07, 6.45) is 1.59. The highest BCUT2D eigenvalue weighted by Crippen LogP contribution is 2.35. The molecule has 0 aromatic heterocycles. The SMILES string of the molecule is CC(C)(C)C1CCCN(C2CNCCC2F)C1=O. The lowest BCUT2D eigenvalue weighted by Gasteiger charge is -2.44. The Morgan fingerprint density at radius 1 is 1.33 bits per heavy atom. The molecule has 2 fully saturated rings. The summed E-state index contributed by atoms with van der Waals surface area (Å²) in [6.45, 7) is 8.35. The molecule has 3 nitrogen and oxygen atoms in total. The Hall–Kier alpha value is -0.640. The number of hydrogen-bond acceptors (Lipinski definition) is 2. The molecule has 2 rings (SSSR count). The van der Waals surface area contributed by atoms with Gasteiger partial charge in [-0.2, -0.15) is 0 Å². The van der Waals surface area contributed by atoms with Gasteiger partial charge in [0.15, 0.2) is 0 Å². The van der Waals surface area contributed by atoms with Crippen molar-refractivity contribution in [2.75, 3.05) is 19.6 Å². The standard InChI is InChI=1S/C14H25FN2O/c1-14(2,3)10-5-4-8-17(13(10)18)12-9-16-7-6-11(12)15/h10-12,16H,4-9H2,1-3H3. The summed E-state index contributed by atoms with van der Waals surface area (Å²) in [5.74, 6) is 0.200. The van der Waals surface area contributed by atoms with E-state index >= 15 is 0 Å². The summed E-state index contributed by atoms with van der Waals surface area (Å²) in [5.41, 5.74) is -0.0241. The third-order valence-corrected chi connectivity index (χ3v) is 4.29. The molecule has 0 aromatic carbocycles. The minimum atomic E-state index is -0.867. The van der Waals surface area contributed by atoms with Crippen LogP contribution in [0.4, 0.5) is 4.39 Å². The minimum Gasteiger partial charge on any atom is -0.335 e. The molecular weight excluding hydrogens is 231 g/mol. The van der Waals surface area contributed by atoms with Crippen LogP contribution in [0.15, 0.2) is 0 Å². The van der Waals surface area contributed by atoms with Crippen LogP contribution in [0.5, 0.6) is 0 Å². The van der Waals surface area contributed by atoms with Crippen molar-refractivity contribution >= 4 is 5.91 Å². The number of carbonyl (C=O) groups is 1. The van der Waals surface area contributed by atoms with E-state index in [2.05, 4.69) is 26.1 Å². The zero-order chi connectivity index (χ0) is 13.3. The molecule has 4 heteroatoms. The fourth-order valence-electron chi connectivity index (χ4n) is 3.15. The molecule has 104 valence electrons. The summed E-state index contributed by atoms with van der Waals surface area (Å²) in [7, 11) is 0. The van der Waals surface area contributed by atoms with E-state index in [-0.39, 0.29) is 23.3 Å². The average Bonchev–Trinajstić information content (AvgIpc) is 2.29. The summed E-state index contributed by atoms with van der Waals surface area (Å²) < 4.78 is 14.0. The molecule has 1 amide bonds. The van der Waals surface area contributed by atoms with Gasteiger partial charge in [-0.15, -0.1) is 0 Å². The lowest BCUT2D eigenvalue weighted by Crippen LogP contribution is -2.58. The zero-order valence-electron chi connectivity index (χ0n) is 11.7. The Morgan fingerprint density at radius 3 is 2.67 bits per heavy atom. The van der Waals surface area contributed by atoms with Crippen LogP contribution >= 0.6 is 0 Å². The van der Waals surface area contributed by atoms with Gasteiger partial charge in [0.05, 0.1) is 6.04 Å². The molecular formula is C14H25FN2O. The first-order valence-electron chi connectivity index (χ1n) is 7.06. The summed E-state index contributed by atoms with van der Waals surface area (Å²) >= 11 is 0. The Labute approximate surface area is 109 Å². The maximum atomic E-state index is 14.0. The minimum absolute atomic E-state index is 0.0241. The van der Waals surface area contributed by atoms with Crippen LogP contribution in [0, 0.1) is 11.3 Å². The number of carbonyl (C=O) groups excluding carboxylic acids is 1. The molecule has 18 heavy (non-hydrogen) atoms. The normalized spacial score (nSPS) is 34.8. The van der Waals surface area contributed by atoms with E-state index in [0.717, 1.165) is 25.9 Å². The second kappa shape index (κ2) is 5.16. The van der Waals surface area contributed by atoms with Crippen LogP contribution in [0.2, 0.25) is 0 Å². The van der Waals surface area contributed by atoms with E-state index in [1.165, 1.54) is 0 Å². The molecule has 0 bridgehead atoms. The molecule has 3 unspecified atom stereocenters. The van der Waals surface area contributed by atoms with Gasteiger partial charge in [0.25, 0.3) is 0 Å². The maximum absolute atomic E-state index is 14.0. The molecule has 2 heterocycles. The van der Waals surface area contributed by atoms with Crippen molar-refractivity contribution < 1.29 is 9.18 Å². The highest BCUT2D eigenvalue weighted by atomic mass is 19.1. The summed E-state index contributed by atoms with van der Waals surface area (Å²) in [4.78, 5) is 14.4. The first-order valence-corrected chi connectivity index (χ1v) is 7.06. The van der Waals surface area contributed by atoms with Crippen molar-refractivity contribution in [3.05, 3.63) is 0 Å². The number of nitrogens with zero attached hydrogens (tertiary/aromatic N) is 1. The van der Waals surface area contributed by atoms with Gasteiger partial charge in [-0.25, -0.2) is 4.39 Å². The van der Waals surface area contributed by atoms with Crippen LogP contribution in [-0.2, 0) is 4.79 Å². The number of amides is 1. The van der Waals surface area contributed by atoms with Crippen LogP contribution in [0.25, 0.3) is 0 Å².